The van der Waals surface area contributed by atoms with E-state index >= 15 is 0 Å². The summed E-state index contributed by atoms with van der Waals surface area (Å²) < 4.78 is 5.08. The van der Waals surface area contributed by atoms with Crippen LogP contribution in [0.5, 0.6) is 0 Å². The molecule has 118 valence electrons. The lowest BCUT2D eigenvalue weighted by Crippen LogP contribution is -2.39. The molecule has 0 aromatic carbocycles. The molecule has 0 atom stereocenters. The van der Waals surface area contributed by atoms with Crippen LogP contribution in [-0.2, 0) is 10.2 Å². The molecule has 0 unspecified atom stereocenters. The predicted molar refractivity (Wildman–Crippen MR) is 86.0 cm³/mol. The van der Waals surface area contributed by atoms with Crippen LogP contribution in [0.1, 0.15) is 50.7 Å². The molecule has 0 aliphatic rings. The van der Waals surface area contributed by atoms with Gasteiger partial charge in [0.1, 0.15) is 5.15 Å². The summed E-state index contributed by atoms with van der Waals surface area (Å²) in [5.41, 5.74) is 1.23. The van der Waals surface area contributed by atoms with Crippen molar-refractivity contribution in [2.75, 3.05) is 20.3 Å². The van der Waals surface area contributed by atoms with Crippen molar-refractivity contribution in [1.82, 2.24) is 9.88 Å². The van der Waals surface area contributed by atoms with Crippen LogP contribution in [0.3, 0.4) is 0 Å². The van der Waals surface area contributed by atoms with Crippen LogP contribution in [0, 0.1) is 0 Å². The van der Waals surface area contributed by atoms with Gasteiger partial charge in [0.15, 0.2) is 0 Å². The molecule has 0 spiro atoms. The van der Waals surface area contributed by atoms with E-state index in [2.05, 4.69) is 4.98 Å². The molecule has 0 N–H and O–H groups in total. The summed E-state index contributed by atoms with van der Waals surface area (Å²) in [4.78, 5) is 18.8. The molecule has 0 bridgehead atoms. The fourth-order valence-electron chi connectivity index (χ4n) is 1.95. The molecule has 0 aliphatic carbocycles. The largest absolute Gasteiger partial charge is 0.383 e. The molecule has 0 radical (unpaired) electrons. The summed E-state index contributed by atoms with van der Waals surface area (Å²) >= 11 is 6.08. The zero-order chi connectivity index (χ0) is 16.2. The second-order valence-electron chi connectivity index (χ2n) is 6.40. The van der Waals surface area contributed by atoms with Crippen LogP contribution in [0.15, 0.2) is 12.1 Å². The number of aromatic nitrogens is 1. The van der Waals surface area contributed by atoms with Crippen LogP contribution in [0.4, 0.5) is 0 Å². The third-order valence-electron chi connectivity index (χ3n) is 3.23. The molecule has 5 heteroatoms. The Morgan fingerprint density at radius 2 is 2.00 bits per heavy atom. The normalized spacial score (nSPS) is 11.8. The number of carbonyl (C=O) groups is 1. The van der Waals surface area contributed by atoms with E-state index in [1.165, 1.54) is 0 Å². The van der Waals surface area contributed by atoms with Gasteiger partial charge in [0.25, 0.3) is 5.91 Å². The molecule has 0 saturated carbocycles. The number of amides is 1. The highest BCUT2D eigenvalue weighted by Gasteiger charge is 2.23. The Kier molecular flexibility index (Phi) is 6.17. The Hall–Kier alpha value is -1.13. The van der Waals surface area contributed by atoms with Crippen molar-refractivity contribution in [2.24, 2.45) is 0 Å². The fourth-order valence-corrected chi connectivity index (χ4v) is 2.16. The highest BCUT2D eigenvalue weighted by molar-refractivity contribution is 6.29. The van der Waals surface area contributed by atoms with Crippen molar-refractivity contribution in [3.05, 3.63) is 28.5 Å². The van der Waals surface area contributed by atoms with Crippen LogP contribution in [-0.4, -0.2) is 42.1 Å². The number of hydrogen-bond acceptors (Lipinski definition) is 3. The van der Waals surface area contributed by atoms with E-state index in [-0.39, 0.29) is 17.4 Å². The van der Waals surface area contributed by atoms with Crippen LogP contribution < -0.4 is 0 Å². The number of rotatable bonds is 5. The van der Waals surface area contributed by atoms with Crippen molar-refractivity contribution in [2.45, 2.75) is 46.1 Å². The lowest BCUT2D eigenvalue weighted by atomic mass is 9.90. The zero-order valence-corrected chi connectivity index (χ0v) is 14.5. The van der Waals surface area contributed by atoms with Crippen molar-refractivity contribution in [1.29, 1.82) is 0 Å². The summed E-state index contributed by atoms with van der Waals surface area (Å²) in [7, 11) is 1.63. The maximum atomic E-state index is 12.7. The van der Waals surface area contributed by atoms with E-state index in [1.807, 2.05) is 40.7 Å². The van der Waals surface area contributed by atoms with E-state index in [9.17, 15) is 4.79 Å². The minimum absolute atomic E-state index is 0.0446. The number of hydrogen-bond donors (Lipinski definition) is 0. The molecular weight excluding hydrogens is 288 g/mol. The summed E-state index contributed by atoms with van der Waals surface area (Å²) in [6.45, 7) is 11.2. The van der Waals surface area contributed by atoms with E-state index in [4.69, 9.17) is 16.3 Å². The van der Waals surface area contributed by atoms with Gasteiger partial charge in [0.05, 0.1) is 6.61 Å². The van der Waals surface area contributed by atoms with Gasteiger partial charge in [0, 0.05) is 36.4 Å². The van der Waals surface area contributed by atoms with Crippen molar-refractivity contribution >= 4 is 17.5 Å². The first-order chi connectivity index (χ1) is 9.66. The van der Waals surface area contributed by atoms with E-state index in [0.29, 0.717) is 23.9 Å². The Labute approximate surface area is 132 Å². The van der Waals surface area contributed by atoms with Gasteiger partial charge in [-0.05, 0) is 26.0 Å². The molecule has 1 aromatic heterocycles. The number of pyridine rings is 1. The van der Waals surface area contributed by atoms with Crippen LogP contribution >= 0.6 is 11.6 Å². The molecule has 4 nitrogen and oxygen atoms in total. The Balaban J connectivity index is 3.13. The topological polar surface area (TPSA) is 42.4 Å². The quantitative estimate of drug-likeness (QED) is 0.781. The van der Waals surface area contributed by atoms with Crippen LogP contribution in [0.25, 0.3) is 0 Å². The summed E-state index contributed by atoms with van der Waals surface area (Å²) in [6, 6.07) is 3.55. The van der Waals surface area contributed by atoms with Gasteiger partial charge in [-0.1, -0.05) is 32.4 Å². The average Bonchev–Trinajstić information content (AvgIpc) is 2.36. The Morgan fingerprint density at radius 3 is 2.48 bits per heavy atom. The lowest BCUT2D eigenvalue weighted by molar-refractivity contribution is 0.0634. The fraction of sp³-hybridized carbons (Fsp3) is 0.625. The maximum absolute atomic E-state index is 12.7. The van der Waals surface area contributed by atoms with Gasteiger partial charge in [-0.3, -0.25) is 4.79 Å². The first-order valence-corrected chi connectivity index (χ1v) is 7.52. The maximum Gasteiger partial charge on any atom is 0.254 e. The minimum Gasteiger partial charge on any atom is -0.383 e. The van der Waals surface area contributed by atoms with Gasteiger partial charge in [-0.15, -0.1) is 0 Å². The molecule has 0 aliphatic heterocycles. The highest BCUT2D eigenvalue weighted by atomic mass is 35.5. The molecule has 1 aromatic rings. The molecule has 1 rings (SSSR count). The first-order valence-electron chi connectivity index (χ1n) is 7.14. The van der Waals surface area contributed by atoms with Crippen LogP contribution in [0.2, 0.25) is 5.15 Å². The van der Waals surface area contributed by atoms with Gasteiger partial charge in [-0.25, -0.2) is 4.98 Å². The number of methoxy groups -OCH3 is 1. The number of ether oxygens (including phenoxy) is 1. The smallest absolute Gasteiger partial charge is 0.254 e. The van der Waals surface area contributed by atoms with E-state index in [1.54, 1.807) is 18.1 Å². The number of carbonyl (C=O) groups excluding carboxylic acids is 1. The summed E-state index contributed by atoms with van der Waals surface area (Å²) in [6.07, 6.45) is 0. The van der Waals surface area contributed by atoms with Gasteiger partial charge < -0.3 is 9.64 Å². The van der Waals surface area contributed by atoms with Gasteiger partial charge in [-0.2, -0.15) is 0 Å². The molecular formula is C16H25ClN2O2. The summed E-state index contributed by atoms with van der Waals surface area (Å²) in [5, 5.41) is 0.348. The third kappa shape index (κ3) is 4.97. The predicted octanol–water partition coefficient (Wildman–Crippen LogP) is 3.53. The van der Waals surface area contributed by atoms with Gasteiger partial charge in [0.2, 0.25) is 0 Å². The standard InChI is InChI=1S/C16H25ClN2O2/c1-11(2)19(7-8-21-6)15(20)12-9-13(16(3,4)5)18-14(17)10-12/h9-11H,7-8H2,1-6H3. The van der Waals surface area contributed by atoms with Crippen molar-refractivity contribution in [3.63, 3.8) is 0 Å². The van der Waals surface area contributed by atoms with Crippen molar-refractivity contribution < 1.29 is 9.53 Å². The highest BCUT2D eigenvalue weighted by Crippen LogP contribution is 2.24. The molecule has 0 fully saturated rings. The molecule has 1 amide bonds. The number of nitrogens with zero attached hydrogens (tertiary/aromatic N) is 2. The second kappa shape index (κ2) is 7.23. The lowest BCUT2D eigenvalue weighted by Gasteiger charge is -2.27. The minimum atomic E-state index is -0.158. The monoisotopic (exact) mass is 312 g/mol. The third-order valence-corrected chi connectivity index (χ3v) is 3.42. The Bertz CT molecular complexity index is 496. The Morgan fingerprint density at radius 1 is 1.38 bits per heavy atom. The molecule has 1 heterocycles. The molecule has 21 heavy (non-hydrogen) atoms. The SMILES string of the molecule is COCCN(C(=O)c1cc(Cl)nc(C(C)(C)C)c1)C(C)C. The summed E-state index contributed by atoms with van der Waals surface area (Å²) in [5.74, 6) is -0.0446. The van der Waals surface area contributed by atoms with Crippen molar-refractivity contribution in [3.8, 4) is 0 Å². The van der Waals surface area contributed by atoms with E-state index in [0.717, 1.165) is 5.69 Å². The van der Waals surface area contributed by atoms with E-state index < -0.39 is 0 Å². The van der Waals surface area contributed by atoms with Gasteiger partial charge >= 0.3 is 0 Å². The second-order valence-corrected chi connectivity index (χ2v) is 6.79. The zero-order valence-electron chi connectivity index (χ0n) is 13.7. The number of halogens is 1. The average molecular weight is 313 g/mol. The first kappa shape index (κ1) is 17.9. The molecule has 0 saturated heterocycles.